The zero-order valence-corrected chi connectivity index (χ0v) is 12.2. The Labute approximate surface area is 125 Å². The van der Waals surface area contributed by atoms with E-state index >= 15 is 0 Å². The Hall–Kier alpha value is -1.90. The summed E-state index contributed by atoms with van der Waals surface area (Å²) >= 11 is 0. The third kappa shape index (κ3) is 2.53. The van der Waals surface area contributed by atoms with Gasteiger partial charge in [-0.05, 0) is 39.2 Å². The maximum Gasteiger partial charge on any atom is 0.0240 e. The highest BCUT2D eigenvalue weighted by Gasteiger charge is 2.11. The third-order valence-electron chi connectivity index (χ3n) is 4.44. The summed E-state index contributed by atoms with van der Waals surface area (Å²) in [4.78, 5) is 2.54. The minimum Gasteiger partial charge on any atom is -0.314 e. The van der Waals surface area contributed by atoms with Crippen molar-refractivity contribution in [2.24, 2.45) is 0 Å². The van der Waals surface area contributed by atoms with E-state index in [2.05, 4.69) is 64.8 Å². The van der Waals surface area contributed by atoms with Crippen molar-refractivity contribution in [3.05, 3.63) is 60.2 Å². The summed E-state index contributed by atoms with van der Waals surface area (Å²) in [5.41, 5.74) is 1.44. The van der Waals surface area contributed by atoms with Gasteiger partial charge in [0.1, 0.15) is 0 Å². The molecule has 1 fully saturated rings. The van der Waals surface area contributed by atoms with Crippen LogP contribution in [0.15, 0.2) is 54.6 Å². The number of hydrogen-bond donors (Lipinski definition) is 1. The van der Waals surface area contributed by atoms with Crippen molar-refractivity contribution in [1.82, 2.24) is 10.2 Å². The highest BCUT2D eigenvalue weighted by molar-refractivity contribution is 5.99. The monoisotopic (exact) mass is 276 g/mol. The van der Waals surface area contributed by atoms with E-state index in [1.807, 2.05) is 0 Å². The first-order chi connectivity index (χ1) is 10.4. The minimum atomic E-state index is 1.05. The first kappa shape index (κ1) is 12.8. The molecule has 106 valence electrons. The van der Waals surface area contributed by atoms with E-state index in [1.54, 1.807) is 0 Å². The summed E-state index contributed by atoms with van der Waals surface area (Å²) in [6.07, 6.45) is 0. The molecule has 0 unspecified atom stereocenters. The second-order valence-electron chi connectivity index (χ2n) is 5.86. The highest BCUT2D eigenvalue weighted by Crippen LogP contribution is 2.26. The Morgan fingerprint density at radius 1 is 0.810 bits per heavy atom. The number of benzene rings is 3. The van der Waals surface area contributed by atoms with Crippen LogP contribution in [0.25, 0.3) is 21.5 Å². The molecule has 2 nitrogen and oxygen atoms in total. The van der Waals surface area contributed by atoms with Gasteiger partial charge in [-0.15, -0.1) is 0 Å². The number of rotatable bonds is 2. The lowest BCUT2D eigenvalue weighted by molar-refractivity contribution is 0.234. The number of nitrogens with one attached hydrogen (secondary N) is 1. The molecule has 0 amide bonds. The summed E-state index contributed by atoms with van der Waals surface area (Å²) < 4.78 is 0. The molecule has 0 bridgehead atoms. The van der Waals surface area contributed by atoms with Gasteiger partial charge >= 0.3 is 0 Å². The van der Waals surface area contributed by atoms with Crippen molar-refractivity contribution in [1.29, 1.82) is 0 Å². The molecule has 1 N–H and O–H groups in total. The molecule has 0 aliphatic carbocycles. The van der Waals surface area contributed by atoms with Crippen LogP contribution >= 0.6 is 0 Å². The molecule has 1 aliphatic rings. The number of hydrogen-bond acceptors (Lipinski definition) is 2. The first-order valence-corrected chi connectivity index (χ1v) is 7.74. The van der Waals surface area contributed by atoms with Crippen LogP contribution in [0, 0.1) is 0 Å². The van der Waals surface area contributed by atoms with E-state index in [-0.39, 0.29) is 0 Å². The summed E-state index contributed by atoms with van der Waals surface area (Å²) in [5, 5.41) is 8.82. The molecule has 0 atom stereocenters. The summed E-state index contributed by atoms with van der Waals surface area (Å²) in [7, 11) is 0. The molecule has 0 saturated carbocycles. The summed E-state index contributed by atoms with van der Waals surface area (Å²) in [5.74, 6) is 0. The molecular weight excluding hydrogens is 256 g/mol. The zero-order valence-electron chi connectivity index (χ0n) is 12.2. The maximum absolute atomic E-state index is 3.42. The fraction of sp³-hybridized carbons (Fsp3) is 0.263. The summed E-state index contributed by atoms with van der Waals surface area (Å²) in [6, 6.07) is 20.0. The third-order valence-corrected chi connectivity index (χ3v) is 4.44. The standard InChI is InChI=1S/C19H20N2/c1-2-5-16-13-19-17(12-15(16)4-1)6-3-7-18(19)14-21-10-8-20-9-11-21/h1-7,12-13,20H,8-11,14H2. The van der Waals surface area contributed by atoms with Gasteiger partial charge in [-0.25, -0.2) is 0 Å². The van der Waals surface area contributed by atoms with E-state index in [9.17, 15) is 0 Å². The Morgan fingerprint density at radius 2 is 1.52 bits per heavy atom. The lowest BCUT2D eigenvalue weighted by Gasteiger charge is -2.27. The van der Waals surface area contributed by atoms with Crippen LogP contribution in [0.2, 0.25) is 0 Å². The van der Waals surface area contributed by atoms with Crippen LogP contribution < -0.4 is 5.32 Å². The SMILES string of the molecule is c1ccc2cc3c(CN4CCNCC4)cccc3cc2c1. The molecular formula is C19H20N2. The fourth-order valence-electron chi connectivity index (χ4n) is 3.28. The fourth-order valence-corrected chi connectivity index (χ4v) is 3.28. The Morgan fingerprint density at radius 3 is 2.33 bits per heavy atom. The van der Waals surface area contributed by atoms with E-state index in [0.717, 1.165) is 32.7 Å². The first-order valence-electron chi connectivity index (χ1n) is 7.74. The molecule has 1 saturated heterocycles. The van der Waals surface area contributed by atoms with Gasteiger partial charge in [-0.1, -0.05) is 42.5 Å². The van der Waals surface area contributed by atoms with Crippen LogP contribution in [0.4, 0.5) is 0 Å². The van der Waals surface area contributed by atoms with Gasteiger partial charge in [-0.2, -0.15) is 0 Å². The van der Waals surface area contributed by atoms with E-state index in [0.29, 0.717) is 0 Å². The normalized spacial score (nSPS) is 16.6. The minimum absolute atomic E-state index is 1.05. The van der Waals surface area contributed by atoms with Crippen LogP contribution in [0.3, 0.4) is 0 Å². The van der Waals surface area contributed by atoms with Crippen molar-refractivity contribution in [3.63, 3.8) is 0 Å². The molecule has 0 spiro atoms. The number of nitrogens with zero attached hydrogens (tertiary/aromatic N) is 1. The molecule has 21 heavy (non-hydrogen) atoms. The Balaban J connectivity index is 1.78. The second kappa shape index (κ2) is 5.47. The maximum atomic E-state index is 3.42. The van der Waals surface area contributed by atoms with Crippen molar-refractivity contribution in [2.75, 3.05) is 26.2 Å². The van der Waals surface area contributed by atoms with E-state index < -0.39 is 0 Å². The average molecular weight is 276 g/mol. The van der Waals surface area contributed by atoms with Crippen LogP contribution in [-0.2, 0) is 6.54 Å². The van der Waals surface area contributed by atoms with Gasteiger partial charge in [0.05, 0.1) is 0 Å². The van der Waals surface area contributed by atoms with Crippen molar-refractivity contribution < 1.29 is 0 Å². The largest absolute Gasteiger partial charge is 0.314 e. The molecule has 3 aromatic carbocycles. The van der Waals surface area contributed by atoms with Crippen molar-refractivity contribution >= 4 is 21.5 Å². The van der Waals surface area contributed by atoms with Gasteiger partial charge < -0.3 is 5.32 Å². The topological polar surface area (TPSA) is 15.3 Å². The van der Waals surface area contributed by atoms with E-state index in [1.165, 1.54) is 27.1 Å². The van der Waals surface area contributed by atoms with Crippen LogP contribution in [-0.4, -0.2) is 31.1 Å². The summed E-state index contributed by atoms with van der Waals surface area (Å²) in [6.45, 7) is 5.55. The van der Waals surface area contributed by atoms with Gasteiger partial charge in [0.25, 0.3) is 0 Å². The molecule has 2 heteroatoms. The van der Waals surface area contributed by atoms with E-state index in [4.69, 9.17) is 0 Å². The van der Waals surface area contributed by atoms with Gasteiger partial charge in [-0.3, -0.25) is 4.90 Å². The number of fused-ring (bicyclic) bond motifs is 2. The van der Waals surface area contributed by atoms with Gasteiger partial charge in [0.15, 0.2) is 0 Å². The zero-order chi connectivity index (χ0) is 14.1. The highest BCUT2D eigenvalue weighted by atomic mass is 15.2. The Kier molecular flexibility index (Phi) is 3.34. The average Bonchev–Trinajstić information content (AvgIpc) is 2.54. The second-order valence-corrected chi connectivity index (χ2v) is 5.86. The Bertz CT molecular complexity index is 773. The molecule has 1 aliphatic heterocycles. The molecule has 3 aromatic rings. The lowest BCUT2D eigenvalue weighted by Crippen LogP contribution is -2.42. The lowest BCUT2D eigenvalue weighted by atomic mass is 9.99. The molecule has 4 rings (SSSR count). The predicted octanol–water partition coefficient (Wildman–Crippen LogP) is 3.40. The molecule has 0 aromatic heterocycles. The van der Waals surface area contributed by atoms with Crippen molar-refractivity contribution in [3.8, 4) is 0 Å². The molecule has 1 heterocycles. The van der Waals surface area contributed by atoms with Crippen LogP contribution in [0.1, 0.15) is 5.56 Å². The molecule has 0 radical (unpaired) electrons. The number of piperazine rings is 1. The van der Waals surface area contributed by atoms with Crippen LogP contribution in [0.5, 0.6) is 0 Å². The van der Waals surface area contributed by atoms with Crippen molar-refractivity contribution in [2.45, 2.75) is 6.54 Å². The predicted molar refractivity (Wildman–Crippen MR) is 89.6 cm³/mol. The quantitative estimate of drug-likeness (QED) is 0.722. The smallest absolute Gasteiger partial charge is 0.0240 e. The van der Waals surface area contributed by atoms with Gasteiger partial charge in [0, 0.05) is 32.7 Å². The van der Waals surface area contributed by atoms with Gasteiger partial charge in [0.2, 0.25) is 0 Å².